The van der Waals surface area contributed by atoms with Gasteiger partial charge in [0.15, 0.2) is 13.8 Å². The van der Waals surface area contributed by atoms with Gasteiger partial charge in [-0.25, -0.2) is 4.85 Å². The minimum absolute atomic E-state index is 0.621. The molecular formula is C105H71N5OSi2. The highest BCUT2D eigenvalue weighted by molar-refractivity contribution is 7.22. The maximum absolute atomic E-state index is 7.36. The van der Waals surface area contributed by atoms with E-state index in [-0.39, 0.29) is 0 Å². The fourth-order valence-electron chi connectivity index (χ4n) is 19.2. The van der Waals surface area contributed by atoms with E-state index in [0.717, 1.165) is 38.8 Å². The summed E-state index contributed by atoms with van der Waals surface area (Å²) in [6.07, 6.45) is 0. The largest absolute Gasteiger partial charge is 0.456 e. The summed E-state index contributed by atoms with van der Waals surface area (Å²) in [7, 11) is -4.35. The molecule has 0 unspecified atom stereocenters. The van der Waals surface area contributed by atoms with Crippen molar-refractivity contribution >= 4 is 162 Å². The first-order chi connectivity index (χ1) is 55.8. The molecule has 22 aromatic rings. The number of hydrogen-bond donors (Lipinski definition) is 0. The molecule has 0 N–H and O–H groups in total. The molecule has 0 atom stereocenters. The second kappa shape index (κ2) is 25.9. The van der Waals surface area contributed by atoms with Gasteiger partial charge in [0.2, 0.25) is 0 Å². The van der Waals surface area contributed by atoms with E-state index in [1.165, 1.54) is 158 Å². The SMILES string of the molecule is C[Si]1(C)c2ccc(-n3c4ccccc4c4ccccc43)cc2-c2cc(-n3c4ccccc4c4ccccc43)ccc21.[C-]#[N+]c1ccc2oc3ccc(-c4ccc5c(c4)c4ccccc4n5-c4ccccc4)cc3c2c1.c1ccc([Si]2(c3ccccc3)c3ccccc3-c3ccc(-n4c5ccccc5c5ccccc54)cc32)cc1. The molecule has 0 spiro atoms. The number of furan rings is 1. The fourth-order valence-corrected chi connectivity index (χ4v) is 27.5. The van der Waals surface area contributed by atoms with Gasteiger partial charge in [-0.05, 0) is 192 Å². The van der Waals surface area contributed by atoms with Crippen molar-refractivity contribution < 1.29 is 4.42 Å². The van der Waals surface area contributed by atoms with Crippen molar-refractivity contribution in [3.8, 4) is 56.1 Å². The van der Waals surface area contributed by atoms with Gasteiger partial charge in [0, 0.05) is 76.6 Å². The third-order valence-corrected chi connectivity index (χ3v) is 32.6. The second-order valence-corrected chi connectivity index (χ2v) is 38.5. The normalized spacial score (nSPS) is 13.0. The first kappa shape index (κ1) is 65.7. The van der Waals surface area contributed by atoms with E-state index in [1.807, 2.05) is 24.3 Å². The van der Waals surface area contributed by atoms with E-state index >= 15 is 0 Å². The molecule has 0 saturated carbocycles. The van der Waals surface area contributed by atoms with Gasteiger partial charge in [0.05, 0.1) is 50.7 Å². The summed E-state index contributed by atoms with van der Waals surface area (Å²) in [6.45, 7) is 12.4. The smallest absolute Gasteiger partial charge is 0.188 e. The van der Waals surface area contributed by atoms with Crippen molar-refractivity contribution in [3.05, 3.63) is 406 Å². The molecule has 24 rings (SSSR count). The molecule has 530 valence electrons. The monoisotopic (exact) mass is 1470 g/mol. The molecule has 0 radical (unpaired) electrons. The summed E-state index contributed by atoms with van der Waals surface area (Å²) >= 11 is 0. The molecule has 0 aliphatic carbocycles. The molecule has 7 heterocycles. The van der Waals surface area contributed by atoms with Crippen molar-refractivity contribution in [2.24, 2.45) is 0 Å². The number of para-hydroxylation sites is 8. The number of nitrogens with zero attached hydrogens (tertiary/aromatic N) is 5. The maximum Gasteiger partial charge on any atom is 0.188 e. The zero-order chi connectivity index (χ0) is 75.0. The molecule has 6 nitrogen and oxygen atoms in total. The van der Waals surface area contributed by atoms with Crippen molar-refractivity contribution in [3.63, 3.8) is 0 Å². The number of benzene rings is 17. The van der Waals surface area contributed by atoms with E-state index in [0.29, 0.717) is 5.69 Å². The Balaban J connectivity index is 0.000000104. The molecule has 17 aromatic carbocycles. The molecule has 0 bridgehead atoms. The van der Waals surface area contributed by atoms with E-state index in [9.17, 15) is 0 Å². The lowest BCUT2D eigenvalue weighted by atomic mass is 10.0. The lowest BCUT2D eigenvalue weighted by molar-refractivity contribution is 0.669. The molecule has 5 aromatic heterocycles. The highest BCUT2D eigenvalue weighted by Crippen LogP contribution is 2.43. The number of rotatable bonds is 7. The van der Waals surface area contributed by atoms with Crippen molar-refractivity contribution in [2.45, 2.75) is 13.1 Å². The Kier molecular flexibility index (Phi) is 15.1. The number of hydrogen-bond acceptors (Lipinski definition) is 1. The Labute approximate surface area is 655 Å². The topological polar surface area (TPSA) is 37.2 Å². The summed E-state index contributed by atoms with van der Waals surface area (Å²) in [4.78, 5) is 3.58. The van der Waals surface area contributed by atoms with Crippen LogP contribution in [0.1, 0.15) is 0 Å². The first-order valence-electron chi connectivity index (χ1n) is 38.8. The van der Waals surface area contributed by atoms with Crippen LogP contribution >= 0.6 is 0 Å². The summed E-state index contributed by atoms with van der Waals surface area (Å²) in [5, 5.41) is 21.1. The molecule has 8 heteroatoms. The Morgan fingerprint density at radius 2 is 0.584 bits per heavy atom. The quantitative estimate of drug-likeness (QED) is 0.116. The van der Waals surface area contributed by atoms with Crippen LogP contribution in [0.15, 0.2) is 399 Å². The van der Waals surface area contributed by atoms with Gasteiger partial charge in [-0.15, -0.1) is 0 Å². The van der Waals surface area contributed by atoms with E-state index in [2.05, 4.69) is 400 Å². The van der Waals surface area contributed by atoms with E-state index in [1.54, 1.807) is 6.07 Å². The lowest BCUT2D eigenvalue weighted by Crippen LogP contribution is -2.72. The summed E-state index contributed by atoms with van der Waals surface area (Å²) in [5.41, 5.74) is 24.8. The predicted octanol–water partition coefficient (Wildman–Crippen LogP) is 23.7. The molecule has 113 heavy (non-hydrogen) atoms. The van der Waals surface area contributed by atoms with Crippen LogP contribution in [0.5, 0.6) is 0 Å². The van der Waals surface area contributed by atoms with Crippen molar-refractivity contribution in [1.29, 1.82) is 0 Å². The average Bonchev–Trinajstić information content (AvgIpc) is 1.56. The molecule has 0 amide bonds. The van der Waals surface area contributed by atoms with Crippen molar-refractivity contribution in [1.82, 2.24) is 18.3 Å². The molecular weight excluding hydrogens is 1400 g/mol. The van der Waals surface area contributed by atoms with Crippen LogP contribution in [0.4, 0.5) is 5.69 Å². The Morgan fingerprint density at radius 1 is 0.239 bits per heavy atom. The average molecular weight is 1470 g/mol. The summed E-state index contributed by atoms with van der Waals surface area (Å²) in [6, 6.07) is 143. The summed E-state index contributed by atoms with van der Waals surface area (Å²) < 4.78 is 15.7. The van der Waals surface area contributed by atoms with Gasteiger partial charge < -0.3 is 22.7 Å². The standard InChI is InChI=1S/C38H28N2Si.C36H25NSi.C31H18N2O/c1-41(2)37-21-19-25(39-33-15-7-3-11-27(33)28-12-4-8-16-34(28)39)23-31(37)32-24-26(20-22-38(32)41)40-35-17-9-5-13-29(35)30-14-6-10-18-36(30)40;1-3-13-27(14-4-1)38(28-15-5-2-6-16-28)35-22-12-9-19-31(35)32-24-23-26(25-36(32)38)37-33-20-10-7-17-29(33)30-18-8-11-21-34(30)37;1-32-22-13-16-31-27(19-22)26-18-21(12-15-30(26)34-31)20-11-14-29-25(17-20)24-9-5-6-10-28(24)33(29)23-7-3-2-4-8-23/h3-24H,1-2H3;1-25H;2-19H. The Hall–Kier alpha value is -14.3. The Bertz CT molecular complexity index is 7320. The highest BCUT2D eigenvalue weighted by atomic mass is 28.3. The molecule has 2 aliphatic rings. The van der Waals surface area contributed by atoms with Crippen LogP contribution < -0.4 is 31.1 Å². The minimum Gasteiger partial charge on any atom is -0.456 e. The maximum atomic E-state index is 7.36. The van der Waals surface area contributed by atoms with Crippen LogP contribution in [0, 0.1) is 6.57 Å². The van der Waals surface area contributed by atoms with Crippen LogP contribution in [-0.2, 0) is 0 Å². The minimum atomic E-state index is -2.52. The van der Waals surface area contributed by atoms with Crippen LogP contribution in [0.25, 0.3) is 170 Å². The third-order valence-electron chi connectivity index (χ3n) is 24.2. The van der Waals surface area contributed by atoms with Gasteiger partial charge in [-0.3, -0.25) is 0 Å². The lowest BCUT2D eigenvalue weighted by Gasteiger charge is -2.31. The van der Waals surface area contributed by atoms with Crippen LogP contribution in [-0.4, -0.2) is 34.4 Å². The zero-order valence-electron chi connectivity index (χ0n) is 62.2. The molecule has 2 aliphatic heterocycles. The van der Waals surface area contributed by atoms with Crippen molar-refractivity contribution in [2.75, 3.05) is 0 Å². The third kappa shape index (κ3) is 10.1. The molecule has 0 saturated heterocycles. The Morgan fingerprint density at radius 3 is 1.05 bits per heavy atom. The highest BCUT2D eigenvalue weighted by Gasteiger charge is 2.49. The number of aromatic nitrogens is 4. The van der Waals surface area contributed by atoms with Crippen LogP contribution in [0.2, 0.25) is 13.1 Å². The van der Waals surface area contributed by atoms with Gasteiger partial charge in [-0.1, -0.05) is 280 Å². The van der Waals surface area contributed by atoms with Gasteiger partial charge in [0.25, 0.3) is 0 Å². The number of fused-ring (bicyclic) bond motifs is 21. The molecule has 0 fully saturated rings. The zero-order valence-corrected chi connectivity index (χ0v) is 64.2. The van der Waals surface area contributed by atoms with Gasteiger partial charge >= 0.3 is 0 Å². The van der Waals surface area contributed by atoms with Crippen LogP contribution in [0.3, 0.4) is 0 Å². The van der Waals surface area contributed by atoms with E-state index in [4.69, 9.17) is 11.0 Å². The summed E-state index contributed by atoms with van der Waals surface area (Å²) in [5.74, 6) is 0. The fraction of sp³-hybridized carbons (Fsp3) is 0.0190. The van der Waals surface area contributed by atoms with Gasteiger partial charge in [0.1, 0.15) is 19.2 Å². The van der Waals surface area contributed by atoms with E-state index < -0.39 is 16.1 Å². The second-order valence-electron chi connectivity index (χ2n) is 30.5. The first-order valence-corrected chi connectivity index (χ1v) is 43.8. The predicted molar refractivity (Wildman–Crippen MR) is 480 cm³/mol. The van der Waals surface area contributed by atoms with Gasteiger partial charge in [-0.2, -0.15) is 0 Å².